The van der Waals surface area contributed by atoms with Gasteiger partial charge in [0.25, 0.3) is 10.0 Å². The molecule has 0 aliphatic heterocycles. The molecule has 0 aliphatic rings. The molecule has 2 aromatic heterocycles. The molecule has 0 saturated heterocycles. The number of hydrogen-bond acceptors (Lipinski definition) is 8. The molecule has 2 heterocycles. The predicted molar refractivity (Wildman–Crippen MR) is 122 cm³/mol. The van der Waals surface area contributed by atoms with Crippen LogP contribution >= 0.6 is 11.7 Å². The zero-order valence-corrected chi connectivity index (χ0v) is 18.2. The van der Waals surface area contributed by atoms with Gasteiger partial charge in [0.1, 0.15) is 16.9 Å². The minimum atomic E-state index is -4.11. The molecule has 32 heavy (non-hydrogen) atoms. The molecule has 0 aliphatic carbocycles. The molecule has 0 spiro atoms. The molecule has 0 atom stereocenters. The first-order chi connectivity index (χ1) is 15.4. The zero-order chi connectivity index (χ0) is 22.3. The van der Waals surface area contributed by atoms with Gasteiger partial charge in [-0.3, -0.25) is 4.72 Å². The number of para-hydroxylation sites is 2. The Labute approximate surface area is 186 Å². The van der Waals surface area contributed by atoms with Gasteiger partial charge in [-0.05, 0) is 55.0 Å². The third-order valence-corrected chi connectivity index (χ3v) is 6.66. The van der Waals surface area contributed by atoms with Crippen molar-refractivity contribution in [3.05, 3.63) is 72.0 Å². The van der Waals surface area contributed by atoms with Gasteiger partial charge in [0, 0.05) is 5.69 Å². The van der Waals surface area contributed by atoms with Crippen LogP contribution in [0.3, 0.4) is 0 Å². The lowest BCUT2D eigenvalue weighted by Crippen LogP contribution is -2.16. The summed E-state index contributed by atoms with van der Waals surface area (Å²) in [5.41, 5.74) is 3.53. The number of sulfonamides is 1. The minimum Gasteiger partial charge on any atom is -0.337 e. The summed E-state index contributed by atoms with van der Waals surface area (Å²) >= 11 is 1.10. The first kappa shape index (κ1) is 20.2. The van der Waals surface area contributed by atoms with E-state index in [0.29, 0.717) is 27.8 Å². The normalized spacial score (nSPS) is 11.7. The van der Waals surface area contributed by atoms with Crippen molar-refractivity contribution < 1.29 is 12.8 Å². The van der Waals surface area contributed by atoms with E-state index in [9.17, 15) is 12.8 Å². The van der Waals surface area contributed by atoms with Gasteiger partial charge in [-0.25, -0.2) is 22.8 Å². The standard InChI is InChI=1S/C21H15FN6O2S2/c1-12-6-8-14(11-15(12)22)32(29,30)28-21-20(24-16-4-2-3-5-17(16)25-21)23-13-7-9-18-19(10-13)27-31-26-18/h2-11H,1H3,(H,23,24)(H,25,28). The summed E-state index contributed by atoms with van der Waals surface area (Å²) in [4.78, 5) is 8.77. The van der Waals surface area contributed by atoms with Gasteiger partial charge >= 0.3 is 0 Å². The van der Waals surface area contributed by atoms with Gasteiger partial charge < -0.3 is 5.32 Å². The maximum absolute atomic E-state index is 14.0. The fraction of sp³-hybridized carbons (Fsp3) is 0.0476. The highest BCUT2D eigenvalue weighted by atomic mass is 32.2. The van der Waals surface area contributed by atoms with Crippen LogP contribution in [0.25, 0.3) is 22.1 Å². The van der Waals surface area contributed by atoms with Crippen molar-refractivity contribution in [1.29, 1.82) is 0 Å². The molecule has 0 saturated carbocycles. The summed E-state index contributed by atoms with van der Waals surface area (Å²) in [5.74, 6) is -0.426. The molecule has 0 bridgehead atoms. The number of nitrogens with one attached hydrogen (secondary N) is 2. The highest BCUT2D eigenvalue weighted by Crippen LogP contribution is 2.28. The van der Waals surface area contributed by atoms with Crippen molar-refractivity contribution in [2.45, 2.75) is 11.8 Å². The van der Waals surface area contributed by atoms with Crippen LogP contribution < -0.4 is 10.0 Å². The number of halogens is 1. The number of aromatic nitrogens is 4. The molecule has 3 aromatic carbocycles. The molecule has 2 N–H and O–H groups in total. The summed E-state index contributed by atoms with van der Waals surface area (Å²) < 4.78 is 50.7. The van der Waals surface area contributed by atoms with Crippen LogP contribution in [0.5, 0.6) is 0 Å². The highest BCUT2D eigenvalue weighted by Gasteiger charge is 2.20. The van der Waals surface area contributed by atoms with E-state index in [1.807, 2.05) is 6.07 Å². The van der Waals surface area contributed by atoms with Crippen molar-refractivity contribution in [3.8, 4) is 0 Å². The fourth-order valence-electron chi connectivity index (χ4n) is 3.08. The third-order valence-electron chi connectivity index (χ3n) is 4.77. The number of nitrogens with zero attached hydrogens (tertiary/aromatic N) is 4. The second kappa shape index (κ2) is 7.77. The minimum absolute atomic E-state index is 0.0128. The van der Waals surface area contributed by atoms with Gasteiger partial charge in [-0.15, -0.1) is 0 Å². The summed E-state index contributed by atoms with van der Waals surface area (Å²) in [6.45, 7) is 1.56. The Hall–Kier alpha value is -3.70. The molecule has 5 aromatic rings. The molecule has 11 heteroatoms. The number of benzene rings is 3. The van der Waals surface area contributed by atoms with Crippen LogP contribution in [0, 0.1) is 12.7 Å². The van der Waals surface area contributed by atoms with E-state index >= 15 is 0 Å². The smallest absolute Gasteiger partial charge is 0.263 e. The van der Waals surface area contributed by atoms with Crippen molar-refractivity contribution in [1.82, 2.24) is 18.7 Å². The summed E-state index contributed by atoms with van der Waals surface area (Å²) in [6.07, 6.45) is 0. The molecule has 0 unspecified atom stereocenters. The van der Waals surface area contributed by atoms with Crippen LogP contribution in [0.1, 0.15) is 5.56 Å². The summed E-state index contributed by atoms with van der Waals surface area (Å²) in [5, 5.41) is 3.10. The number of fused-ring (bicyclic) bond motifs is 2. The Balaban J connectivity index is 1.58. The highest BCUT2D eigenvalue weighted by molar-refractivity contribution is 7.92. The fourth-order valence-corrected chi connectivity index (χ4v) is 4.62. The Bertz CT molecular complexity index is 1590. The largest absolute Gasteiger partial charge is 0.337 e. The van der Waals surface area contributed by atoms with E-state index in [-0.39, 0.29) is 16.5 Å². The first-order valence-corrected chi connectivity index (χ1v) is 11.7. The van der Waals surface area contributed by atoms with Gasteiger partial charge in [0.2, 0.25) is 0 Å². The van der Waals surface area contributed by atoms with E-state index in [1.54, 1.807) is 43.3 Å². The number of anilines is 3. The Morgan fingerprint density at radius 2 is 1.56 bits per heavy atom. The zero-order valence-electron chi connectivity index (χ0n) is 16.6. The van der Waals surface area contributed by atoms with Crippen LogP contribution in [0.2, 0.25) is 0 Å². The number of hydrogen-bond donors (Lipinski definition) is 2. The maximum Gasteiger partial charge on any atom is 0.263 e. The van der Waals surface area contributed by atoms with E-state index in [1.165, 1.54) is 12.1 Å². The molecule has 5 rings (SSSR count). The second-order valence-electron chi connectivity index (χ2n) is 7.02. The molecule has 0 radical (unpaired) electrons. The Morgan fingerprint density at radius 3 is 2.31 bits per heavy atom. The van der Waals surface area contributed by atoms with Gasteiger partial charge in [0.05, 0.1) is 27.7 Å². The van der Waals surface area contributed by atoms with Crippen LogP contribution in [-0.2, 0) is 10.0 Å². The second-order valence-corrected chi connectivity index (χ2v) is 9.23. The Kier molecular flexibility index (Phi) is 4.91. The van der Waals surface area contributed by atoms with Crippen molar-refractivity contribution >= 4 is 61.1 Å². The maximum atomic E-state index is 14.0. The lowest BCUT2D eigenvalue weighted by Gasteiger charge is -2.14. The predicted octanol–water partition coefficient (Wildman–Crippen LogP) is 4.63. The molecule has 0 amide bonds. The van der Waals surface area contributed by atoms with E-state index in [0.717, 1.165) is 23.3 Å². The van der Waals surface area contributed by atoms with E-state index in [4.69, 9.17) is 0 Å². The lowest BCUT2D eigenvalue weighted by molar-refractivity contribution is 0.593. The SMILES string of the molecule is Cc1ccc(S(=O)(=O)Nc2nc3ccccc3nc2Nc2ccc3nsnc3c2)cc1F. The molecule has 8 nitrogen and oxygen atoms in total. The number of rotatable bonds is 5. The summed E-state index contributed by atoms with van der Waals surface area (Å²) in [6, 6.07) is 16.2. The third kappa shape index (κ3) is 3.83. The van der Waals surface area contributed by atoms with E-state index < -0.39 is 15.8 Å². The van der Waals surface area contributed by atoms with Gasteiger partial charge in [-0.2, -0.15) is 8.75 Å². The first-order valence-electron chi connectivity index (χ1n) is 9.44. The van der Waals surface area contributed by atoms with Crippen molar-refractivity contribution in [2.24, 2.45) is 0 Å². The molecular formula is C21H15FN6O2S2. The number of aryl methyl sites for hydroxylation is 1. The van der Waals surface area contributed by atoms with Crippen molar-refractivity contribution in [2.75, 3.05) is 10.0 Å². The molecule has 160 valence electrons. The molecule has 0 fully saturated rings. The van der Waals surface area contributed by atoms with Crippen LogP contribution in [0.15, 0.2) is 65.6 Å². The average Bonchev–Trinajstić information content (AvgIpc) is 3.23. The average molecular weight is 467 g/mol. The van der Waals surface area contributed by atoms with Gasteiger partial charge in [0.15, 0.2) is 11.6 Å². The molecular weight excluding hydrogens is 451 g/mol. The van der Waals surface area contributed by atoms with Crippen LogP contribution in [-0.4, -0.2) is 27.1 Å². The topological polar surface area (TPSA) is 110 Å². The quantitative estimate of drug-likeness (QED) is 0.389. The van der Waals surface area contributed by atoms with Crippen LogP contribution in [0.4, 0.5) is 21.7 Å². The van der Waals surface area contributed by atoms with E-state index in [2.05, 4.69) is 28.8 Å². The van der Waals surface area contributed by atoms with Gasteiger partial charge in [-0.1, -0.05) is 18.2 Å². The summed E-state index contributed by atoms with van der Waals surface area (Å²) in [7, 11) is -4.11. The monoisotopic (exact) mass is 466 g/mol. The Morgan fingerprint density at radius 1 is 0.844 bits per heavy atom. The van der Waals surface area contributed by atoms with Crippen molar-refractivity contribution in [3.63, 3.8) is 0 Å². The lowest BCUT2D eigenvalue weighted by atomic mass is 10.2.